The molecular formula is C43H30NO+. The number of hydrogen-bond acceptors (Lipinski definition) is 1. The summed E-state index contributed by atoms with van der Waals surface area (Å²) in [6.07, 6.45) is 2.16. The summed E-state index contributed by atoms with van der Waals surface area (Å²) < 4.78 is 9.10. The predicted octanol–water partition coefficient (Wildman–Crippen LogP) is 11.0. The van der Waals surface area contributed by atoms with E-state index >= 15 is 0 Å². The van der Waals surface area contributed by atoms with E-state index in [2.05, 4.69) is 164 Å². The fourth-order valence-electron chi connectivity index (χ4n) is 7.26. The molecule has 0 fully saturated rings. The van der Waals surface area contributed by atoms with Gasteiger partial charge in [-0.3, -0.25) is 0 Å². The zero-order chi connectivity index (χ0) is 30.1. The molecule has 0 N–H and O–H groups in total. The molecule has 0 atom stereocenters. The third kappa shape index (κ3) is 3.92. The van der Waals surface area contributed by atoms with Crippen molar-refractivity contribution in [3.8, 4) is 67.1 Å². The Hall–Kier alpha value is -5.73. The van der Waals surface area contributed by atoms with Crippen molar-refractivity contribution in [3.63, 3.8) is 0 Å². The largest absolute Gasteiger partial charge is 0.455 e. The van der Waals surface area contributed by atoms with Gasteiger partial charge in [-0.25, -0.2) is 4.57 Å². The first kappa shape index (κ1) is 25.7. The van der Waals surface area contributed by atoms with Crippen molar-refractivity contribution >= 4 is 21.7 Å². The maximum atomic E-state index is 6.89. The highest BCUT2D eigenvalue weighted by Gasteiger charge is 2.26. The van der Waals surface area contributed by atoms with E-state index in [1.54, 1.807) is 0 Å². The van der Waals surface area contributed by atoms with Crippen molar-refractivity contribution in [1.29, 1.82) is 0 Å². The fourth-order valence-corrected chi connectivity index (χ4v) is 7.26. The van der Waals surface area contributed by atoms with Crippen LogP contribution < -0.4 is 4.57 Å². The minimum atomic E-state index is 0.893. The summed E-state index contributed by atoms with van der Waals surface area (Å²) in [7, 11) is 2.12. The molecule has 0 aliphatic heterocycles. The average molecular weight is 577 g/mol. The molecule has 0 spiro atoms. The third-order valence-corrected chi connectivity index (χ3v) is 9.52. The molecule has 1 aliphatic carbocycles. The minimum Gasteiger partial charge on any atom is -0.455 e. The van der Waals surface area contributed by atoms with Crippen LogP contribution >= 0.6 is 0 Å². The Bertz CT molecular complexity index is 2460. The first-order valence-corrected chi connectivity index (χ1v) is 15.5. The maximum Gasteiger partial charge on any atom is 0.213 e. The van der Waals surface area contributed by atoms with E-state index in [0.29, 0.717) is 0 Å². The fraction of sp³-hybridized carbons (Fsp3) is 0.0465. The van der Waals surface area contributed by atoms with Crippen LogP contribution in [0.4, 0.5) is 0 Å². The van der Waals surface area contributed by atoms with E-state index in [1.165, 1.54) is 55.4 Å². The zero-order valence-corrected chi connectivity index (χ0v) is 25.2. The number of rotatable bonds is 2. The van der Waals surface area contributed by atoms with Gasteiger partial charge in [0.15, 0.2) is 6.20 Å². The normalized spacial score (nSPS) is 11.8. The van der Waals surface area contributed by atoms with Crippen LogP contribution in [0.2, 0.25) is 0 Å². The standard InChI is InChI=1S/C43H30NO/c1-27-31-12-4-3-11-28(31)19-21-32(27)40-25-30(23-24-44(40)2)29-20-22-39-41(26-29)45-43-38-18-10-8-16-36(38)34-14-6-5-13-33(34)35-15-7-9-17-37(35)42(39)43/h3-26H,1-2H3/q+1. The number of hydrogen-bond donors (Lipinski definition) is 0. The van der Waals surface area contributed by atoms with E-state index in [-0.39, 0.29) is 0 Å². The summed E-state index contributed by atoms with van der Waals surface area (Å²) in [5.41, 5.74) is 15.3. The van der Waals surface area contributed by atoms with E-state index < -0.39 is 0 Å². The lowest BCUT2D eigenvalue weighted by Gasteiger charge is -2.20. The molecule has 0 saturated heterocycles. The monoisotopic (exact) mass is 576 g/mol. The first-order chi connectivity index (χ1) is 22.2. The van der Waals surface area contributed by atoms with Crippen molar-refractivity contribution in [1.82, 2.24) is 0 Å². The SMILES string of the molecule is Cc1c(-c2cc(-c3ccc4c5c(oc4c3)-c3ccccc3-c3ccccc3-c3ccccc3-5)cc[n+]2C)ccc2ccccc12. The van der Waals surface area contributed by atoms with Crippen molar-refractivity contribution < 1.29 is 8.98 Å². The number of aromatic nitrogens is 1. The van der Waals surface area contributed by atoms with Gasteiger partial charge < -0.3 is 4.42 Å². The van der Waals surface area contributed by atoms with E-state index in [1.807, 2.05) is 0 Å². The van der Waals surface area contributed by atoms with E-state index in [4.69, 9.17) is 4.42 Å². The van der Waals surface area contributed by atoms with Gasteiger partial charge in [0.25, 0.3) is 0 Å². The summed E-state index contributed by atoms with van der Waals surface area (Å²) in [6, 6.07) is 50.4. The minimum absolute atomic E-state index is 0.893. The van der Waals surface area contributed by atoms with Gasteiger partial charge in [0.2, 0.25) is 5.69 Å². The molecule has 212 valence electrons. The van der Waals surface area contributed by atoms with Crippen molar-refractivity contribution in [2.24, 2.45) is 7.05 Å². The molecule has 9 rings (SSSR count). The smallest absolute Gasteiger partial charge is 0.213 e. The molecule has 2 aromatic heterocycles. The molecule has 2 heterocycles. The maximum absolute atomic E-state index is 6.89. The van der Waals surface area contributed by atoms with E-state index in [0.717, 1.165) is 39.0 Å². The van der Waals surface area contributed by atoms with Gasteiger partial charge in [-0.15, -0.1) is 0 Å². The second kappa shape index (κ2) is 9.90. The second-order valence-electron chi connectivity index (χ2n) is 12.0. The lowest BCUT2D eigenvalue weighted by molar-refractivity contribution is -0.660. The lowest BCUT2D eigenvalue weighted by atomic mass is 9.83. The summed E-state index contributed by atoms with van der Waals surface area (Å²) in [5.74, 6) is 0.923. The highest BCUT2D eigenvalue weighted by Crippen LogP contribution is 2.51. The van der Waals surface area contributed by atoms with Crippen molar-refractivity contribution in [3.05, 3.63) is 151 Å². The van der Waals surface area contributed by atoms with Gasteiger partial charge in [-0.1, -0.05) is 109 Å². The van der Waals surface area contributed by atoms with Gasteiger partial charge in [0.1, 0.15) is 18.4 Å². The Labute approximate surface area is 262 Å². The molecule has 1 aliphatic rings. The van der Waals surface area contributed by atoms with Gasteiger partial charge in [-0.2, -0.15) is 0 Å². The van der Waals surface area contributed by atoms with Crippen LogP contribution in [-0.2, 0) is 7.05 Å². The van der Waals surface area contributed by atoms with Crippen LogP contribution in [0.25, 0.3) is 88.8 Å². The summed E-state index contributed by atoms with van der Waals surface area (Å²) in [6.45, 7) is 2.23. The second-order valence-corrected chi connectivity index (χ2v) is 12.0. The topological polar surface area (TPSA) is 17.0 Å². The van der Waals surface area contributed by atoms with Crippen LogP contribution in [-0.4, -0.2) is 0 Å². The summed E-state index contributed by atoms with van der Waals surface area (Å²) in [5, 5.41) is 3.68. The van der Waals surface area contributed by atoms with Crippen LogP contribution in [0.1, 0.15) is 5.56 Å². The molecule has 0 saturated carbocycles. The lowest BCUT2D eigenvalue weighted by Crippen LogP contribution is -2.30. The molecule has 0 amide bonds. The Kier molecular flexibility index (Phi) is 5.66. The Morgan fingerprint density at radius 1 is 0.489 bits per heavy atom. The summed E-state index contributed by atoms with van der Waals surface area (Å²) in [4.78, 5) is 0. The molecule has 0 unspecified atom stereocenters. The quantitative estimate of drug-likeness (QED) is 0.187. The predicted molar refractivity (Wildman–Crippen MR) is 186 cm³/mol. The molecule has 45 heavy (non-hydrogen) atoms. The Morgan fingerprint density at radius 2 is 1.09 bits per heavy atom. The van der Waals surface area contributed by atoms with Crippen LogP contribution in [0.15, 0.2) is 150 Å². The van der Waals surface area contributed by atoms with Gasteiger partial charge >= 0.3 is 0 Å². The van der Waals surface area contributed by atoms with E-state index in [9.17, 15) is 0 Å². The number of nitrogens with zero attached hydrogens (tertiary/aromatic N) is 1. The average Bonchev–Trinajstić information content (AvgIpc) is 3.47. The van der Waals surface area contributed by atoms with Crippen LogP contribution in [0.5, 0.6) is 0 Å². The zero-order valence-electron chi connectivity index (χ0n) is 25.2. The van der Waals surface area contributed by atoms with Gasteiger partial charge in [0, 0.05) is 34.2 Å². The Balaban J connectivity index is 1.25. The number of fused-ring (bicyclic) bond motifs is 11. The van der Waals surface area contributed by atoms with Crippen molar-refractivity contribution in [2.75, 3.05) is 0 Å². The van der Waals surface area contributed by atoms with Crippen molar-refractivity contribution in [2.45, 2.75) is 6.92 Å². The first-order valence-electron chi connectivity index (χ1n) is 15.5. The summed E-state index contributed by atoms with van der Waals surface area (Å²) >= 11 is 0. The molecule has 6 aromatic carbocycles. The van der Waals surface area contributed by atoms with Gasteiger partial charge in [0.05, 0.1) is 0 Å². The van der Waals surface area contributed by atoms with Gasteiger partial charge in [-0.05, 0) is 80.4 Å². The molecule has 0 radical (unpaired) electrons. The Morgan fingerprint density at radius 3 is 1.84 bits per heavy atom. The van der Waals surface area contributed by atoms with Crippen LogP contribution in [0, 0.1) is 6.92 Å². The number of furan rings is 1. The molecule has 0 bridgehead atoms. The molecule has 2 nitrogen and oxygen atoms in total. The van der Waals surface area contributed by atoms with Crippen LogP contribution in [0.3, 0.4) is 0 Å². The molecule has 8 aromatic rings. The highest BCUT2D eigenvalue weighted by atomic mass is 16.3. The molecular weight excluding hydrogens is 546 g/mol. The highest BCUT2D eigenvalue weighted by molar-refractivity contribution is 6.10. The molecule has 2 heteroatoms. The number of aryl methyl sites for hydroxylation is 2. The number of benzene rings is 6. The number of pyridine rings is 1. The third-order valence-electron chi connectivity index (χ3n) is 9.52.